The Kier molecular flexibility index (Phi) is 4.77. The summed E-state index contributed by atoms with van der Waals surface area (Å²) in [5.41, 5.74) is -1.20. The van der Waals surface area contributed by atoms with Crippen LogP contribution in [-0.4, -0.2) is 25.5 Å². The summed E-state index contributed by atoms with van der Waals surface area (Å²) >= 11 is 0. The Hall–Kier alpha value is -3.11. The summed E-state index contributed by atoms with van der Waals surface area (Å²) in [6.45, 7) is 1.54. The molecular weight excluding hydrogens is 373 g/mol. The van der Waals surface area contributed by atoms with Gasteiger partial charge in [0.2, 0.25) is 0 Å². The number of alkyl halides is 5. The van der Waals surface area contributed by atoms with E-state index in [-0.39, 0.29) is 11.3 Å². The first-order valence-corrected chi connectivity index (χ1v) is 7.63. The van der Waals surface area contributed by atoms with Gasteiger partial charge in [-0.05, 0) is 24.6 Å². The quantitative estimate of drug-likeness (QED) is 0.697. The van der Waals surface area contributed by atoms with Gasteiger partial charge in [-0.2, -0.15) is 18.3 Å². The van der Waals surface area contributed by atoms with Crippen molar-refractivity contribution in [1.82, 2.24) is 24.9 Å². The maximum atomic E-state index is 13.0. The average molecular weight is 385 g/mol. The first-order chi connectivity index (χ1) is 12.7. The summed E-state index contributed by atoms with van der Waals surface area (Å²) in [6.07, 6.45) is -5.18. The molecule has 0 aliphatic carbocycles. The lowest BCUT2D eigenvalue weighted by atomic mass is 10.1. The zero-order valence-electron chi connectivity index (χ0n) is 13.7. The van der Waals surface area contributed by atoms with Crippen molar-refractivity contribution < 1.29 is 26.7 Å². The highest BCUT2D eigenvalue weighted by molar-refractivity contribution is 5.93. The van der Waals surface area contributed by atoms with E-state index in [4.69, 9.17) is 0 Å². The number of nitrogens with zero attached hydrogens (tertiary/aromatic N) is 4. The molecule has 1 amide bonds. The van der Waals surface area contributed by atoms with Gasteiger partial charge in [-0.3, -0.25) is 9.78 Å². The third-order valence-electron chi connectivity index (χ3n) is 3.77. The van der Waals surface area contributed by atoms with Crippen LogP contribution in [0, 0.1) is 0 Å². The van der Waals surface area contributed by atoms with Crippen LogP contribution in [-0.2, 0) is 6.18 Å². The largest absolute Gasteiger partial charge is 0.433 e. The van der Waals surface area contributed by atoms with Gasteiger partial charge in [-0.25, -0.2) is 18.3 Å². The van der Waals surface area contributed by atoms with Gasteiger partial charge in [-0.1, -0.05) is 6.07 Å². The standard InChI is InChI=1S/C16H12F5N5O/c1-8(9-2-3-12(23-7-9)16(19,20)21)24-15(27)10-6-13-22-5-4-11(14(17)18)26(13)25-10/h2-8,14H,1H3,(H,24,27)/t8-/m0/s1. The molecule has 11 heteroatoms. The Morgan fingerprint density at radius 3 is 2.52 bits per heavy atom. The summed E-state index contributed by atoms with van der Waals surface area (Å²) in [4.78, 5) is 19.5. The fourth-order valence-corrected chi connectivity index (χ4v) is 2.37. The van der Waals surface area contributed by atoms with Crippen LogP contribution in [0.4, 0.5) is 22.0 Å². The number of aromatic nitrogens is 4. The van der Waals surface area contributed by atoms with Crippen molar-refractivity contribution in [3.63, 3.8) is 0 Å². The van der Waals surface area contributed by atoms with Crippen LogP contribution in [0.15, 0.2) is 36.7 Å². The number of carbonyl (C=O) groups is 1. The highest BCUT2D eigenvalue weighted by Crippen LogP contribution is 2.28. The maximum absolute atomic E-state index is 13.0. The van der Waals surface area contributed by atoms with Gasteiger partial charge < -0.3 is 5.32 Å². The lowest BCUT2D eigenvalue weighted by Crippen LogP contribution is -2.27. The lowest BCUT2D eigenvalue weighted by molar-refractivity contribution is -0.141. The van der Waals surface area contributed by atoms with Crippen LogP contribution in [0.3, 0.4) is 0 Å². The van der Waals surface area contributed by atoms with Crippen molar-refractivity contribution in [2.75, 3.05) is 0 Å². The molecule has 27 heavy (non-hydrogen) atoms. The normalized spacial score (nSPS) is 13.1. The Morgan fingerprint density at radius 2 is 1.93 bits per heavy atom. The molecule has 0 saturated heterocycles. The van der Waals surface area contributed by atoms with Gasteiger partial charge in [-0.15, -0.1) is 0 Å². The van der Waals surface area contributed by atoms with Crippen LogP contribution >= 0.6 is 0 Å². The van der Waals surface area contributed by atoms with E-state index in [0.29, 0.717) is 5.56 Å². The molecule has 3 rings (SSSR count). The van der Waals surface area contributed by atoms with Gasteiger partial charge in [0.15, 0.2) is 11.3 Å². The fraction of sp³-hybridized carbons (Fsp3) is 0.250. The number of rotatable bonds is 4. The van der Waals surface area contributed by atoms with Gasteiger partial charge >= 0.3 is 6.18 Å². The first kappa shape index (κ1) is 18.7. The topological polar surface area (TPSA) is 72.2 Å². The van der Waals surface area contributed by atoms with E-state index in [1.165, 1.54) is 18.3 Å². The number of fused-ring (bicyclic) bond motifs is 1. The van der Waals surface area contributed by atoms with E-state index in [1.807, 2.05) is 0 Å². The summed E-state index contributed by atoms with van der Waals surface area (Å²) < 4.78 is 64.4. The molecule has 0 aliphatic heterocycles. The summed E-state index contributed by atoms with van der Waals surface area (Å²) in [7, 11) is 0. The molecule has 0 saturated carbocycles. The Balaban J connectivity index is 1.79. The van der Waals surface area contributed by atoms with E-state index in [2.05, 4.69) is 20.4 Å². The highest BCUT2D eigenvalue weighted by Gasteiger charge is 2.32. The molecule has 3 heterocycles. The molecule has 1 atom stereocenters. The molecule has 0 aromatic carbocycles. The van der Waals surface area contributed by atoms with Gasteiger partial charge in [0.1, 0.15) is 11.4 Å². The minimum atomic E-state index is -4.56. The van der Waals surface area contributed by atoms with E-state index in [9.17, 15) is 26.7 Å². The van der Waals surface area contributed by atoms with Crippen molar-refractivity contribution in [3.8, 4) is 0 Å². The fourth-order valence-electron chi connectivity index (χ4n) is 2.37. The number of amides is 1. The number of nitrogens with one attached hydrogen (secondary N) is 1. The minimum absolute atomic E-state index is 0.0711. The lowest BCUT2D eigenvalue weighted by Gasteiger charge is -2.14. The summed E-state index contributed by atoms with van der Waals surface area (Å²) in [5.74, 6) is -0.687. The van der Waals surface area contributed by atoms with Crippen LogP contribution in [0.2, 0.25) is 0 Å². The molecule has 3 aromatic rings. The van der Waals surface area contributed by atoms with Crippen LogP contribution in [0.25, 0.3) is 5.65 Å². The molecule has 0 bridgehead atoms. The second kappa shape index (κ2) is 6.89. The monoisotopic (exact) mass is 385 g/mol. The number of carbonyl (C=O) groups excluding carboxylic acids is 1. The van der Waals surface area contributed by atoms with E-state index in [0.717, 1.165) is 22.8 Å². The molecule has 0 unspecified atom stereocenters. The molecule has 142 valence electrons. The molecule has 0 fully saturated rings. The third kappa shape index (κ3) is 3.86. The Morgan fingerprint density at radius 1 is 1.19 bits per heavy atom. The molecular formula is C16H12F5N5O. The van der Waals surface area contributed by atoms with Crippen LogP contribution in [0.1, 0.15) is 46.8 Å². The van der Waals surface area contributed by atoms with Crippen LogP contribution < -0.4 is 5.32 Å². The van der Waals surface area contributed by atoms with E-state index >= 15 is 0 Å². The first-order valence-electron chi connectivity index (χ1n) is 7.63. The number of hydrogen-bond donors (Lipinski definition) is 1. The highest BCUT2D eigenvalue weighted by atomic mass is 19.4. The molecule has 3 aromatic heterocycles. The number of halogens is 5. The molecule has 0 aliphatic rings. The smallest absolute Gasteiger partial charge is 0.344 e. The van der Waals surface area contributed by atoms with Crippen LogP contribution in [0.5, 0.6) is 0 Å². The van der Waals surface area contributed by atoms with Crippen molar-refractivity contribution in [3.05, 3.63) is 59.3 Å². The van der Waals surface area contributed by atoms with Crippen molar-refractivity contribution in [1.29, 1.82) is 0 Å². The molecule has 1 N–H and O–H groups in total. The van der Waals surface area contributed by atoms with E-state index < -0.39 is 35.9 Å². The third-order valence-corrected chi connectivity index (χ3v) is 3.77. The minimum Gasteiger partial charge on any atom is -0.344 e. The van der Waals surface area contributed by atoms with E-state index in [1.54, 1.807) is 6.92 Å². The predicted molar refractivity (Wildman–Crippen MR) is 83.1 cm³/mol. The number of pyridine rings is 1. The van der Waals surface area contributed by atoms with Gasteiger partial charge in [0, 0.05) is 18.5 Å². The number of hydrogen-bond acceptors (Lipinski definition) is 4. The predicted octanol–water partition coefficient (Wildman–Crippen LogP) is 3.57. The zero-order valence-corrected chi connectivity index (χ0v) is 13.7. The molecule has 0 spiro atoms. The van der Waals surface area contributed by atoms with Crippen molar-refractivity contribution in [2.24, 2.45) is 0 Å². The molecule has 0 radical (unpaired) electrons. The summed E-state index contributed by atoms with van der Waals surface area (Å²) in [6, 6.07) is 3.64. The Labute approximate surface area is 149 Å². The van der Waals surface area contributed by atoms with Gasteiger partial charge in [0.05, 0.1) is 6.04 Å². The maximum Gasteiger partial charge on any atom is 0.433 e. The second-order valence-electron chi connectivity index (χ2n) is 5.64. The Bertz CT molecular complexity index is 967. The van der Waals surface area contributed by atoms with Crippen molar-refractivity contribution >= 4 is 11.6 Å². The SMILES string of the molecule is C[C@H](NC(=O)c1cc2nccc(C(F)F)n2n1)c1ccc(C(F)(F)F)nc1. The van der Waals surface area contributed by atoms with Crippen molar-refractivity contribution in [2.45, 2.75) is 25.6 Å². The van der Waals surface area contributed by atoms with Gasteiger partial charge in [0.25, 0.3) is 12.3 Å². The summed E-state index contributed by atoms with van der Waals surface area (Å²) in [5, 5.41) is 6.35. The second-order valence-corrected chi connectivity index (χ2v) is 5.64. The molecule has 6 nitrogen and oxygen atoms in total. The average Bonchev–Trinajstić information content (AvgIpc) is 3.05. The zero-order chi connectivity index (χ0) is 19.8.